The molecule has 0 aliphatic carbocycles. The van der Waals surface area contributed by atoms with Gasteiger partial charge in [0.05, 0.1) is 23.7 Å². The van der Waals surface area contributed by atoms with E-state index in [4.69, 9.17) is 4.74 Å². The zero-order valence-electron chi connectivity index (χ0n) is 12.2. The zero-order chi connectivity index (χ0) is 15.7. The summed E-state index contributed by atoms with van der Waals surface area (Å²) in [6, 6.07) is 12.1. The van der Waals surface area contributed by atoms with Gasteiger partial charge in [-0.1, -0.05) is 0 Å². The summed E-state index contributed by atoms with van der Waals surface area (Å²) in [5.41, 5.74) is 1.62. The Morgan fingerprint density at radius 2 is 1.91 bits per heavy atom. The predicted octanol–water partition coefficient (Wildman–Crippen LogP) is 1.69. The van der Waals surface area contributed by atoms with Crippen molar-refractivity contribution in [2.45, 2.75) is 0 Å². The Hall–Kier alpha value is -3.02. The third-order valence-electron chi connectivity index (χ3n) is 3.51. The fourth-order valence-corrected chi connectivity index (χ4v) is 2.31. The smallest absolute Gasteiger partial charge is 0.279 e. The van der Waals surface area contributed by atoms with E-state index in [0.29, 0.717) is 22.2 Å². The molecule has 3 rings (SSSR count). The summed E-state index contributed by atoms with van der Waals surface area (Å²) in [5.74, 6) is 0.494. The third-order valence-corrected chi connectivity index (χ3v) is 3.51. The maximum Gasteiger partial charge on any atom is 0.279 e. The van der Waals surface area contributed by atoms with Gasteiger partial charge < -0.3 is 10.1 Å². The van der Waals surface area contributed by atoms with Crippen LogP contribution in [0.1, 0.15) is 10.4 Å². The first-order valence-corrected chi connectivity index (χ1v) is 6.75. The molecule has 2 aromatic carbocycles. The Bertz CT molecular complexity index is 891. The maximum atomic E-state index is 12.5. The molecule has 0 radical (unpaired) electrons. The molecule has 0 unspecified atom stereocenters. The molecule has 1 amide bonds. The van der Waals surface area contributed by atoms with Crippen LogP contribution in [0.25, 0.3) is 16.6 Å². The molecule has 0 saturated heterocycles. The maximum absolute atomic E-state index is 12.5. The van der Waals surface area contributed by atoms with E-state index in [0.717, 1.165) is 5.75 Å². The summed E-state index contributed by atoms with van der Waals surface area (Å²) in [6.07, 6.45) is 0. The van der Waals surface area contributed by atoms with Crippen LogP contribution in [0.4, 0.5) is 0 Å². The van der Waals surface area contributed by atoms with Crippen LogP contribution in [0.2, 0.25) is 0 Å². The number of H-pyrrole nitrogens is 1. The lowest BCUT2D eigenvalue weighted by molar-refractivity contribution is 0.0963. The lowest BCUT2D eigenvalue weighted by atomic mass is 10.1. The summed E-state index contributed by atoms with van der Waals surface area (Å²) >= 11 is 0. The van der Waals surface area contributed by atoms with E-state index < -0.39 is 0 Å². The van der Waals surface area contributed by atoms with E-state index >= 15 is 0 Å². The first-order valence-electron chi connectivity index (χ1n) is 6.75. The van der Waals surface area contributed by atoms with Crippen LogP contribution in [-0.4, -0.2) is 29.8 Å². The van der Waals surface area contributed by atoms with Gasteiger partial charge in [0, 0.05) is 12.6 Å². The van der Waals surface area contributed by atoms with Gasteiger partial charge in [-0.2, -0.15) is 0 Å². The topological polar surface area (TPSA) is 76.1 Å². The first kappa shape index (κ1) is 13.9. The summed E-state index contributed by atoms with van der Waals surface area (Å²) < 4.78 is 6.55. The van der Waals surface area contributed by atoms with Crippen molar-refractivity contribution in [3.8, 4) is 11.4 Å². The molecular weight excluding hydrogens is 282 g/mol. The normalized spacial score (nSPS) is 10.6. The predicted molar refractivity (Wildman–Crippen MR) is 83.8 cm³/mol. The number of hydrogen-bond acceptors (Lipinski definition) is 3. The molecule has 6 nitrogen and oxygen atoms in total. The largest absolute Gasteiger partial charge is 0.497 e. The van der Waals surface area contributed by atoms with Crippen molar-refractivity contribution in [2.75, 3.05) is 14.2 Å². The van der Waals surface area contributed by atoms with Crippen molar-refractivity contribution in [1.82, 2.24) is 15.1 Å². The second kappa shape index (κ2) is 5.40. The van der Waals surface area contributed by atoms with Gasteiger partial charge in [0.25, 0.3) is 11.5 Å². The number of amides is 1. The molecule has 2 N–H and O–H groups in total. The molecule has 1 aromatic heterocycles. The Balaban J connectivity index is 2.13. The van der Waals surface area contributed by atoms with Gasteiger partial charge in [0.15, 0.2) is 0 Å². The minimum Gasteiger partial charge on any atom is -0.497 e. The van der Waals surface area contributed by atoms with Crippen molar-refractivity contribution in [2.24, 2.45) is 0 Å². The average molecular weight is 297 g/mol. The van der Waals surface area contributed by atoms with Crippen LogP contribution in [0.3, 0.4) is 0 Å². The lowest BCUT2D eigenvalue weighted by Crippen LogP contribution is -2.18. The molecule has 6 heteroatoms. The monoisotopic (exact) mass is 297 g/mol. The summed E-state index contributed by atoms with van der Waals surface area (Å²) in [6.45, 7) is 0. The van der Waals surface area contributed by atoms with Crippen LogP contribution < -0.4 is 15.6 Å². The van der Waals surface area contributed by atoms with Crippen LogP contribution in [0.15, 0.2) is 47.3 Å². The fourth-order valence-electron chi connectivity index (χ4n) is 2.31. The number of fused-ring (bicyclic) bond motifs is 1. The summed E-state index contributed by atoms with van der Waals surface area (Å²) in [4.78, 5) is 24.2. The van der Waals surface area contributed by atoms with Gasteiger partial charge in [0.2, 0.25) is 0 Å². The molecule has 0 saturated carbocycles. The standard InChI is InChI=1S/C16H15N3O3/c1-17-15(20)10-3-8-14-13(9-10)16(21)19(18-14)11-4-6-12(22-2)7-5-11/h3-9,18H,1-2H3,(H,17,20). The van der Waals surface area contributed by atoms with E-state index in [9.17, 15) is 9.59 Å². The van der Waals surface area contributed by atoms with Crippen molar-refractivity contribution in [3.63, 3.8) is 0 Å². The number of ether oxygens (including phenoxy) is 1. The third kappa shape index (κ3) is 2.24. The number of rotatable bonds is 3. The van der Waals surface area contributed by atoms with Crippen LogP contribution >= 0.6 is 0 Å². The Kier molecular flexibility index (Phi) is 3.42. The summed E-state index contributed by atoms with van der Waals surface area (Å²) in [5, 5.41) is 6.05. The SMILES string of the molecule is CNC(=O)c1ccc2[nH]n(-c3ccc(OC)cc3)c(=O)c2c1. The van der Waals surface area contributed by atoms with Crippen LogP contribution in [-0.2, 0) is 0 Å². The van der Waals surface area contributed by atoms with Gasteiger partial charge in [-0.15, -0.1) is 0 Å². The van der Waals surface area contributed by atoms with E-state index in [2.05, 4.69) is 10.4 Å². The highest BCUT2D eigenvalue weighted by atomic mass is 16.5. The van der Waals surface area contributed by atoms with Crippen LogP contribution in [0.5, 0.6) is 5.75 Å². The molecule has 1 heterocycles. The molecule has 112 valence electrons. The number of aromatic amines is 1. The quantitative estimate of drug-likeness (QED) is 0.772. The number of benzene rings is 2. The Morgan fingerprint density at radius 1 is 1.18 bits per heavy atom. The van der Waals surface area contributed by atoms with Gasteiger partial charge >= 0.3 is 0 Å². The molecule has 0 spiro atoms. The average Bonchev–Trinajstić information content (AvgIpc) is 2.90. The van der Waals surface area contributed by atoms with Gasteiger partial charge in [-0.25, -0.2) is 4.68 Å². The van der Waals surface area contributed by atoms with Gasteiger partial charge in [-0.3, -0.25) is 14.7 Å². The van der Waals surface area contributed by atoms with Crippen molar-refractivity contribution in [3.05, 3.63) is 58.4 Å². The molecule has 0 bridgehead atoms. The highest BCUT2D eigenvalue weighted by Crippen LogP contribution is 2.16. The number of aromatic nitrogens is 2. The molecule has 0 fully saturated rings. The van der Waals surface area contributed by atoms with Crippen LogP contribution in [0, 0.1) is 0 Å². The molecule has 0 atom stereocenters. The summed E-state index contributed by atoms with van der Waals surface area (Å²) in [7, 11) is 3.14. The van der Waals surface area contributed by atoms with Gasteiger partial charge in [-0.05, 0) is 42.5 Å². The number of methoxy groups -OCH3 is 1. The highest BCUT2D eigenvalue weighted by molar-refractivity contribution is 5.97. The molecule has 22 heavy (non-hydrogen) atoms. The minimum absolute atomic E-state index is 0.203. The highest BCUT2D eigenvalue weighted by Gasteiger charge is 2.11. The molecular formula is C16H15N3O3. The zero-order valence-corrected chi connectivity index (χ0v) is 12.2. The lowest BCUT2D eigenvalue weighted by Gasteiger charge is -2.03. The van der Waals surface area contributed by atoms with E-state index in [-0.39, 0.29) is 11.5 Å². The van der Waals surface area contributed by atoms with Crippen molar-refractivity contribution < 1.29 is 9.53 Å². The number of carbonyl (C=O) groups excluding carboxylic acids is 1. The first-order chi connectivity index (χ1) is 10.6. The number of nitrogens with one attached hydrogen (secondary N) is 2. The number of hydrogen-bond donors (Lipinski definition) is 2. The minimum atomic E-state index is -0.224. The second-order valence-corrected chi connectivity index (χ2v) is 4.79. The van der Waals surface area contributed by atoms with Crippen molar-refractivity contribution >= 4 is 16.8 Å². The van der Waals surface area contributed by atoms with Crippen molar-refractivity contribution in [1.29, 1.82) is 0 Å². The molecule has 0 aliphatic rings. The number of nitrogens with zero attached hydrogens (tertiary/aromatic N) is 1. The van der Waals surface area contributed by atoms with E-state index in [1.54, 1.807) is 56.6 Å². The Labute approximate surface area is 126 Å². The van der Waals surface area contributed by atoms with Gasteiger partial charge in [0.1, 0.15) is 5.75 Å². The van der Waals surface area contributed by atoms with E-state index in [1.165, 1.54) is 4.68 Å². The molecule has 3 aromatic rings. The number of carbonyl (C=O) groups is 1. The molecule has 0 aliphatic heterocycles. The fraction of sp³-hybridized carbons (Fsp3) is 0.125. The Morgan fingerprint density at radius 3 is 2.55 bits per heavy atom. The van der Waals surface area contributed by atoms with E-state index in [1.807, 2.05) is 0 Å². The second-order valence-electron chi connectivity index (χ2n) is 4.79.